The number of fused-ring (bicyclic) bond motifs is 3. The molecule has 0 unspecified atom stereocenters. The molecule has 0 bridgehead atoms. The molecule has 1 aromatic carbocycles. The van der Waals surface area contributed by atoms with Gasteiger partial charge in [-0.05, 0) is 29.5 Å². The van der Waals surface area contributed by atoms with Gasteiger partial charge in [-0.3, -0.25) is 9.48 Å². The number of rotatable bonds is 3. The van der Waals surface area contributed by atoms with Gasteiger partial charge in [0.15, 0.2) is 5.69 Å². The van der Waals surface area contributed by atoms with Crippen molar-refractivity contribution in [1.29, 1.82) is 0 Å². The Morgan fingerprint density at radius 1 is 1.22 bits per heavy atom. The first-order valence-electron chi connectivity index (χ1n) is 8.88. The smallest absolute Gasteiger partial charge is 0.271 e. The summed E-state index contributed by atoms with van der Waals surface area (Å²) in [5, 5.41) is 10.4. The number of aromatic nitrogens is 4. The highest BCUT2D eigenvalue weighted by molar-refractivity contribution is 5.96. The summed E-state index contributed by atoms with van der Waals surface area (Å²) >= 11 is 0. The van der Waals surface area contributed by atoms with Crippen LogP contribution in [0.4, 0.5) is 11.6 Å². The molecule has 3 aromatic rings. The van der Waals surface area contributed by atoms with Crippen LogP contribution in [0.5, 0.6) is 0 Å². The third-order valence-electron chi connectivity index (χ3n) is 4.92. The highest BCUT2D eigenvalue weighted by atomic mass is 16.1. The highest BCUT2D eigenvalue weighted by Gasteiger charge is 2.39. The fourth-order valence-corrected chi connectivity index (χ4v) is 3.73. The van der Waals surface area contributed by atoms with Crippen molar-refractivity contribution in [1.82, 2.24) is 25.1 Å². The number of amides is 1. The van der Waals surface area contributed by atoms with Crippen LogP contribution in [-0.2, 0) is 18.9 Å². The molecule has 0 aliphatic heterocycles. The Morgan fingerprint density at radius 3 is 2.67 bits per heavy atom. The largest absolute Gasteiger partial charge is 0.354 e. The van der Waals surface area contributed by atoms with Crippen LogP contribution in [0, 0.1) is 0 Å². The van der Waals surface area contributed by atoms with Crippen molar-refractivity contribution in [3.05, 3.63) is 53.3 Å². The molecule has 0 spiro atoms. The van der Waals surface area contributed by atoms with Gasteiger partial charge in [-0.15, -0.1) is 0 Å². The van der Waals surface area contributed by atoms with Gasteiger partial charge in [0.05, 0.1) is 11.4 Å². The standard InChI is InChI=1S/C20H22N6O/c1-20(2)10-12-11-22-19(23-13-8-6-5-7-9-13)24-15(12)17-14(20)16(18(27)21-3)25-26(17)4/h5-9,11H,10H2,1-4H3,(H,21,27)(H,22,23,24). The number of carbonyl (C=O) groups excluding carboxylic acids is 1. The van der Waals surface area contributed by atoms with E-state index in [9.17, 15) is 4.79 Å². The van der Waals surface area contributed by atoms with Crippen molar-refractivity contribution in [3.63, 3.8) is 0 Å². The first-order valence-corrected chi connectivity index (χ1v) is 8.88. The summed E-state index contributed by atoms with van der Waals surface area (Å²) in [5.74, 6) is 0.341. The van der Waals surface area contributed by atoms with E-state index in [1.165, 1.54) is 0 Å². The summed E-state index contributed by atoms with van der Waals surface area (Å²) in [6, 6.07) is 9.80. The van der Waals surface area contributed by atoms with Gasteiger partial charge >= 0.3 is 0 Å². The van der Waals surface area contributed by atoms with E-state index < -0.39 is 0 Å². The monoisotopic (exact) mass is 362 g/mol. The SMILES string of the molecule is CNC(=O)c1nn(C)c2c1C(C)(C)Cc1cnc(Nc3ccccc3)nc1-2. The minimum absolute atomic E-state index is 0.180. The molecule has 1 aliphatic rings. The van der Waals surface area contributed by atoms with Crippen LogP contribution in [0.15, 0.2) is 36.5 Å². The van der Waals surface area contributed by atoms with Crippen LogP contribution in [0.1, 0.15) is 35.5 Å². The number of hydrogen-bond acceptors (Lipinski definition) is 5. The van der Waals surface area contributed by atoms with Gasteiger partial charge in [-0.1, -0.05) is 32.0 Å². The number of benzene rings is 1. The molecule has 1 amide bonds. The van der Waals surface area contributed by atoms with E-state index in [1.807, 2.05) is 43.6 Å². The lowest BCUT2D eigenvalue weighted by Gasteiger charge is -2.31. The summed E-state index contributed by atoms with van der Waals surface area (Å²) in [7, 11) is 3.47. The maximum absolute atomic E-state index is 12.4. The Kier molecular flexibility index (Phi) is 3.95. The lowest BCUT2D eigenvalue weighted by Crippen LogP contribution is -2.30. The van der Waals surface area contributed by atoms with Gasteiger partial charge < -0.3 is 10.6 Å². The molecule has 2 N–H and O–H groups in total. The summed E-state index contributed by atoms with van der Waals surface area (Å²) in [6.45, 7) is 4.25. The van der Waals surface area contributed by atoms with Crippen molar-refractivity contribution in [2.45, 2.75) is 25.7 Å². The average Bonchev–Trinajstić information content (AvgIpc) is 3.01. The Bertz CT molecular complexity index is 1020. The van der Waals surface area contributed by atoms with Crippen LogP contribution in [0.25, 0.3) is 11.4 Å². The van der Waals surface area contributed by atoms with E-state index >= 15 is 0 Å². The third kappa shape index (κ3) is 2.85. The molecule has 0 radical (unpaired) electrons. The minimum atomic E-state index is -0.240. The van der Waals surface area contributed by atoms with Gasteiger partial charge in [-0.25, -0.2) is 9.97 Å². The predicted octanol–water partition coefficient (Wildman–Crippen LogP) is 2.81. The van der Waals surface area contributed by atoms with Crippen molar-refractivity contribution in [2.75, 3.05) is 12.4 Å². The molecule has 4 rings (SSSR count). The lowest BCUT2D eigenvalue weighted by molar-refractivity contribution is 0.0955. The van der Waals surface area contributed by atoms with Crippen molar-refractivity contribution >= 4 is 17.5 Å². The van der Waals surface area contributed by atoms with Crippen LogP contribution in [-0.4, -0.2) is 32.7 Å². The molecular weight excluding hydrogens is 340 g/mol. The molecule has 7 nitrogen and oxygen atoms in total. The summed E-state index contributed by atoms with van der Waals surface area (Å²) in [4.78, 5) is 21.6. The fourth-order valence-electron chi connectivity index (χ4n) is 3.73. The zero-order valence-electron chi connectivity index (χ0n) is 15.9. The van der Waals surface area contributed by atoms with E-state index in [1.54, 1.807) is 11.7 Å². The number of anilines is 2. The van der Waals surface area contributed by atoms with Crippen molar-refractivity contribution in [2.24, 2.45) is 7.05 Å². The normalized spacial score (nSPS) is 14.2. The van der Waals surface area contributed by atoms with Gasteiger partial charge in [0, 0.05) is 31.5 Å². The zero-order valence-corrected chi connectivity index (χ0v) is 15.9. The highest BCUT2D eigenvalue weighted by Crippen LogP contribution is 2.43. The summed E-state index contributed by atoms with van der Waals surface area (Å²) in [6.07, 6.45) is 2.61. The molecule has 0 fully saturated rings. The van der Waals surface area contributed by atoms with Crippen LogP contribution >= 0.6 is 0 Å². The van der Waals surface area contributed by atoms with E-state index in [4.69, 9.17) is 4.98 Å². The van der Waals surface area contributed by atoms with Gasteiger partial charge in [0.2, 0.25) is 5.95 Å². The van der Waals surface area contributed by atoms with Crippen LogP contribution in [0.2, 0.25) is 0 Å². The lowest BCUT2D eigenvalue weighted by atomic mass is 9.73. The first-order chi connectivity index (χ1) is 12.9. The van der Waals surface area contributed by atoms with Crippen molar-refractivity contribution in [3.8, 4) is 11.4 Å². The first kappa shape index (κ1) is 17.2. The molecular formula is C20H22N6O. The molecule has 1 aliphatic carbocycles. The molecule has 2 heterocycles. The summed E-state index contributed by atoms with van der Waals surface area (Å²) in [5.41, 5.74) is 4.82. The van der Waals surface area contributed by atoms with Gasteiger partial charge in [0.1, 0.15) is 0 Å². The van der Waals surface area contributed by atoms with E-state index in [-0.39, 0.29) is 11.3 Å². The quantitative estimate of drug-likeness (QED) is 0.748. The predicted molar refractivity (Wildman–Crippen MR) is 104 cm³/mol. The molecule has 0 saturated heterocycles. The Morgan fingerprint density at radius 2 is 1.96 bits per heavy atom. The molecule has 0 saturated carbocycles. The number of hydrogen-bond donors (Lipinski definition) is 2. The molecule has 2 aromatic heterocycles. The molecule has 0 atom stereocenters. The molecule has 138 valence electrons. The van der Waals surface area contributed by atoms with Crippen LogP contribution < -0.4 is 10.6 Å². The second kappa shape index (κ2) is 6.19. The number of nitrogens with one attached hydrogen (secondary N) is 2. The average molecular weight is 362 g/mol. The fraction of sp³-hybridized carbons (Fsp3) is 0.300. The Labute approximate surface area is 157 Å². The topological polar surface area (TPSA) is 84.7 Å². The van der Waals surface area contributed by atoms with Gasteiger partial charge in [0.25, 0.3) is 5.91 Å². The zero-order chi connectivity index (χ0) is 19.2. The number of para-hydroxylation sites is 1. The third-order valence-corrected chi connectivity index (χ3v) is 4.92. The minimum Gasteiger partial charge on any atom is -0.354 e. The van der Waals surface area contributed by atoms with E-state index in [2.05, 4.69) is 34.6 Å². The second-order valence-corrected chi connectivity index (χ2v) is 7.39. The number of aryl methyl sites for hydroxylation is 1. The molecule has 7 heteroatoms. The van der Waals surface area contributed by atoms with E-state index in [0.29, 0.717) is 11.6 Å². The maximum atomic E-state index is 12.4. The summed E-state index contributed by atoms with van der Waals surface area (Å²) < 4.78 is 1.75. The van der Waals surface area contributed by atoms with Gasteiger partial charge in [-0.2, -0.15) is 5.10 Å². The molecule has 27 heavy (non-hydrogen) atoms. The maximum Gasteiger partial charge on any atom is 0.271 e. The Balaban J connectivity index is 1.85. The van der Waals surface area contributed by atoms with E-state index in [0.717, 1.165) is 34.6 Å². The van der Waals surface area contributed by atoms with Crippen molar-refractivity contribution < 1.29 is 4.79 Å². The number of nitrogens with zero attached hydrogens (tertiary/aromatic N) is 4. The Hall–Kier alpha value is -3.22. The van der Waals surface area contributed by atoms with Crippen LogP contribution in [0.3, 0.4) is 0 Å². The second-order valence-electron chi connectivity index (χ2n) is 7.39. The number of carbonyl (C=O) groups is 1.